The van der Waals surface area contributed by atoms with E-state index in [1.54, 1.807) is 6.92 Å². The number of hydrogen-bond donors (Lipinski definition) is 0. The minimum atomic E-state index is -2.65. The van der Waals surface area contributed by atoms with Crippen molar-refractivity contribution in [2.45, 2.75) is 58.3 Å². The quantitative estimate of drug-likeness (QED) is 0.527. The minimum Gasteiger partial charge on any atom is -0.465 e. The average Bonchev–Trinajstić information content (AvgIpc) is 2.37. The van der Waals surface area contributed by atoms with Gasteiger partial charge in [-0.05, 0) is 26.2 Å². The zero-order valence-electron chi connectivity index (χ0n) is 11.8. The van der Waals surface area contributed by atoms with Crippen molar-refractivity contribution < 1.29 is 23.0 Å². The number of halogens is 2. The maximum absolute atomic E-state index is 13.2. The molecule has 0 amide bonds. The van der Waals surface area contributed by atoms with E-state index in [-0.39, 0.29) is 44.9 Å². The fraction of sp³-hybridized carbons (Fsp3) is 0.929. The zero-order valence-corrected chi connectivity index (χ0v) is 11.8. The first kappa shape index (κ1) is 16.3. The fourth-order valence-electron chi connectivity index (χ4n) is 2.30. The highest BCUT2D eigenvalue weighted by Gasteiger charge is 2.48. The zero-order chi connectivity index (χ0) is 14.4. The predicted octanol–water partition coefficient (Wildman–Crippen LogP) is 3.56. The molecule has 0 aliphatic heterocycles. The number of esters is 1. The van der Waals surface area contributed by atoms with Gasteiger partial charge in [-0.3, -0.25) is 4.79 Å². The summed E-state index contributed by atoms with van der Waals surface area (Å²) in [6.45, 7) is 4.80. The van der Waals surface area contributed by atoms with Crippen LogP contribution in [0.15, 0.2) is 0 Å². The Balaban J connectivity index is 2.61. The van der Waals surface area contributed by atoms with Gasteiger partial charge in [0.05, 0.1) is 18.6 Å². The van der Waals surface area contributed by atoms with Gasteiger partial charge in [0.2, 0.25) is 5.92 Å². The third kappa shape index (κ3) is 4.71. The van der Waals surface area contributed by atoms with E-state index in [0.717, 1.165) is 12.8 Å². The molecule has 3 nitrogen and oxygen atoms in total. The Hall–Kier alpha value is -0.710. The van der Waals surface area contributed by atoms with Crippen molar-refractivity contribution in [3.8, 4) is 0 Å². The molecule has 1 fully saturated rings. The van der Waals surface area contributed by atoms with Gasteiger partial charge in [0.1, 0.15) is 0 Å². The summed E-state index contributed by atoms with van der Waals surface area (Å²) < 4.78 is 37.0. The number of alkyl halides is 2. The SMILES string of the molecule is CCCCOCC1(C(=O)OCC)CCC(F)(F)CC1. The molecule has 19 heavy (non-hydrogen) atoms. The van der Waals surface area contributed by atoms with Gasteiger partial charge in [-0.25, -0.2) is 8.78 Å². The first-order valence-corrected chi connectivity index (χ1v) is 7.08. The fourth-order valence-corrected chi connectivity index (χ4v) is 2.30. The van der Waals surface area contributed by atoms with Crippen LogP contribution >= 0.6 is 0 Å². The molecular weight excluding hydrogens is 254 g/mol. The average molecular weight is 278 g/mol. The smallest absolute Gasteiger partial charge is 0.314 e. The number of rotatable bonds is 7. The Labute approximate surface area is 113 Å². The summed E-state index contributed by atoms with van der Waals surface area (Å²) in [6.07, 6.45) is 1.68. The van der Waals surface area contributed by atoms with Crippen LogP contribution in [-0.4, -0.2) is 31.7 Å². The lowest BCUT2D eigenvalue weighted by molar-refractivity contribution is -0.169. The van der Waals surface area contributed by atoms with Gasteiger partial charge in [0, 0.05) is 19.4 Å². The van der Waals surface area contributed by atoms with E-state index in [0.29, 0.717) is 6.61 Å². The van der Waals surface area contributed by atoms with Crippen LogP contribution in [0.1, 0.15) is 52.4 Å². The molecule has 1 aliphatic carbocycles. The number of unbranched alkanes of at least 4 members (excludes halogenated alkanes) is 1. The molecule has 0 aromatic heterocycles. The van der Waals surface area contributed by atoms with Gasteiger partial charge in [0.15, 0.2) is 0 Å². The van der Waals surface area contributed by atoms with Crippen LogP contribution in [-0.2, 0) is 14.3 Å². The van der Waals surface area contributed by atoms with E-state index >= 15 is 0 Å². The van der Waals surface area contributed by atoms with Gasteiger partial charge in [0.25, 0.3) is 0 Å². The van der Waals surface area contributed by atoms with E-state index in [2.05, 4.69) is 0 Å². The minimum absolute atomic E-state index is 0.144. The molecule has 0 bridgehead atoms. The van der Waals surface area contributed by atoms with Gasteiger partial charge >= 0.3 is 5.97 Å². The first-order valence-electron chi connectivity index (χ1n) is 7.08. The third-order valence-corrected chi connectivity index (χ3v) is 3.67. The largest absolute Gasteiger partial charge is 0.465 e. The monoisotopic (exact) mass is 278 g/mol. The second kappa shape index (κ2) is 7.17. The van der Waals surface area contributed by atoms with Crippen molar-refractivity contribution in [2.75, 3.05) is 19.8 Å². The highest BCUT2D eigenvalue weighted by molar-refractivity contribution is 5.77. The van der Waals surface area contributed by atoms with Gasteiger partial charge in [-0.15, -0.1) is 0 Å². The Morgan fingerprint density at radius 3 is 2.32 bits per heavy atom. The van der Waals surface area contributed by atoms with E-state index in [1.807, 2.05) is 6.92 Å². The van der Waals surface area contributed by atoms with E-state index in [9.17, 15) is 13.6 Å². The van der Waals surface area contributed by atoms with E-state index in [4.69, 9.17) is 9.47 Å². The Morgan fingerprint density at radius 1 is 1.16 bits per heavy atom. The lowest BCUT2D eigenvalue weighted by Gasteiger charge is -2.37. The maximum atomic E-state index is 13.2. The second-order valence-corrected chi connectivity index (χ2v) is 5.26. The maximum Gasteiger partial charge on any atom is 0.314 e. The lowest BCUT2D eigenvalue weighted by Crippen LogP contribution is -2.43. The van der Waals surface area contributed by atoms with Gasteiger partial charge in [-0.2, -0.15) is 0 Å². The first-order chi connectivity index (χ1) is 8.96. The molecule has 0 aromatic rings. The van der Waals surface area contributed by atoms with Crippen molar-refractivity contribution in [2.24, 2.45) is 5.41 Å². The van der Waals surface area contributed by atoms with Crippen LogP contribution in [0.2, 0.25) is 0 Å². The number of ether oxygens (including phenoxy) is 2. The molecule has 0 N–H and O–H groups in total. The molecule has 1 saturated carbocycles. The van der Waals surface area contributed by atoms with Crippen LogP contribution < -0.4 is 0 Å². The standard InChI is InChI=1S/C14H24F2O3/c1-3-5-10-18-11-13(12(17)19-4-2)6-8-14(15,16)9-7-13/h3-11H2,1-2H3. The van der Waals surface area contributed by atoms with Crippen molar-refractivity contribution >= 4 is 5.97 Å². The van der Waals surface area contributed by atoms with Crippen molar-refractivity contribution in [1.29, 1.82) is 0 Å². The summed E-state index contributed by atoms with van der Waals surface area (Å²) in [6, 6.07) is 0. The van der Waals surface area contributed by atoms with E-state index in [1.165, 1.54) is 0 Å². The predicted molar refractivity (Wildman–Crippen MR) is 68.2 cm³/mol. The molecule has 0 radical (unpaired) electrons. The molecule has 0 spiro atoms. The molecule has 112 valence electrons. The third-order valence-electron chi connectivity index (χ3n) is 3.67. The van der Waals surface area contributed by atoms with E-state index < -0.39 is 11.3 Å². The molecule has 0 unspecified atom stereocenters. The molecule has 0 heterocycles. The molecule has 0 aromatic carbocycles. The molecule has 0 saturated heterocycles. The van der Waals surface area contributed by atoms with Crippen LogP contribution in [0.4, 0.5) is 8.78 Å². The van der Waals surface area contributed by atoms with Crippen molar-refractivity contribution in [3.05, 3.63) is 0 Å². The summed E-state index contributed by atoms with van der Waals surface area (Å²) in [5.41, 5.74) is -0.870. The molecular formula is C14H24F2O3. The van der Waals surface area contributed by atoms with Gasteiger partial charge in [-0.1, -0.05) is 13.3 Å². The molecule has 1 rings (SSSR count). The Kier molecular flexibility index (Phi) is 6.17. The number of hydrogen-bond acceptors (Lipinski definition) is 3. The highest BCUT2D eigenvalue weighted by Crippen LogP contribution is 2.44. The Morgan fingerprint density at radius 2 is 1.79 bits per heavy atom. The summed E-state index contributed by atoms with van der Waals surface area (Å²) in [7, 11) is 0. The number of carbonyl (C=O) groups excluding carboxylic acids is 1. The summed E-state index contributed by atoms with van der Waals surface area (Å²) in [4.78, 5) is 12.0. The van der Waals surface area contributed by atoms with Crippen molar-refractivity contribution in [1.82, 2.24) is 0 Å². The normalized spacial score (nSPS) is 21.1. The molecule has 1 aliphatic rings. The van der Waals surface area contributed by atoms with Crippen LogP contribution in [0, 0.1) is 5.41 Å². The van der Waals surface area contributed by atoms with Crippen LogP contribution in [0.5, 0.6) is 0 Å². The summed E-state index contributed by atoms with van der Waals surface area (Å²) in [5.74, 6) is -3.04. The number of carbonyl (C=O) groups is 1. The Bertz CT molecular complexity index is 282. The lowest BCUT2D eigenvalue weighted by atomic mass is 9.73. The second-order valence-electron chi connectivity index (χ2n) is 5.26. The molecule has 5 heteroatoms. The van der Waals surface area contributed by atoms with Gasteiger partial charge < -0.3 is 9.47 Å². The van der Waals surface area contributed by atoms with Crippen LogP contribution in [0.3, 0.4) is 0 Å². The summed E-state index contributed by atoms with van der Waals surface area (Å²) >= 11 is 0. The van der Waals surface area contributed by atoms with Crippen molar-refractivity contribution in [3.63, 3.8) is 0 Å². The van der Waals surface area contributed by atoms with Crippen LogP contribution in [0.25, 0.3) is 0 Å². The topological polar surface area (TPSA) is 35.5 Å². The highest BCUT2D eigenvalue weighted by atomic mass is 19.3. The summed E-state index contributed by atoms with van der Waals surface area (Å²) in [5, 5.41) is 0. The molecule has 0 atom stereocenters.